The van der Waals surface area contributed by atoms with Crippen LogP contribution in [0.25, 0.3) is 11.1 Å². The molecule has 0 aliphatic rings. The maximum atomic E-state index is 12.7. The number of carboxylic acids is 1. The van der Waals surface area contributed by atoms with Crippen molar-refractivity contribution in [2.45, 2.75) is 50.9 Å². The fourth-order valence-corrected chi connectivity index (χ4v) is 4.89. The van der Waals surface area contributed by atoms with Crippen LogP contribution in [0.3, 0.4) is 0 Å². The highest BCUT2D eigenvalue weighted by molar-refractivity contribution is 7.53. The van der Waals surface area contributed by atoms with Crippen molar-refractivity contribution < 1.29 is 43.3 Å². The molecule has 10 nitrogen and oxygen atoms in total. The molecule has 1 atom stereocenters. The largest absolute Gasteiger partial charge is 0.481 e. The average Bonchev–Trinajstić information content (AvgIpc) is 2.79. The van der Waals surface area contributed by atoms with Gasteiger partial charge >= 0.3 is 25.5 Å². The topological polar surface area (TPSA) is 159 Å². The second-order valence-electron chi connectivity index (χ2n) is 8.25. The van der Waals surface area contributed by atoms with E-state index >= 15 is 0 Å². The Morgan fingerprint density at radius 2 is 1.39 bits per heavy atom. The summed E-state index contributed by atoms with van der Waals surface area (Å²) in [6, 6.07) is 15.9. The number of aliphatic carboxylic acids is 1. The first-order valence-corrected chi connectivity index (χ1v) is 13.1. The number of esters is 2. The molecule has 0 radical (unpaired) electrons. The van der Waals surface area contributed by atoms with Crippen LogP contribution >= 0.6 is 7.60 Å². The molecule has 2 aromatic carbocycles. The Morgan fingerprint density at radius 1 is 0.889 bits per heavy atom. The summed E-state index contributed by atoms with van der Waals surface area (Å²) in [4.78, 5) is 56.7. The molecule has 196 valence electrons. The zero-order valence-corrected chi connectivity index (χ0v) is 21.1. The minimum Gasteiger partial charge on any atom is -0.481 e. The van der Waals surface area contributed by atoms with E-state index in [1.807, 2.05) is 42.5 Å². The first-order chi connectivity index (χ1) is 17.0. The van der Waals surface area contributed by atoms with Gasteiger partial charge in [-0.25, -0.2) is 0 Å². The molecule has 0 spiro atoms. The molecule has 0 fully saturated rings. The highest BCUT2D eigenvalue weighted by Crippen LogP contribution is 2.53. The van der Waals surface area contributed by atoms with Crippen molar-refractivity contribution in [2.24, 2.45) is 0 Å². The summed E-state index contributed by atoms with van der Waals surface area (Å²) in [5.74, 6) is -3.11. The summed E-state index contributed by atoms with van der Waals surface area (Å²) < 4.78 is 22.4. The highest BCUT2D eigenvalue weighted by atomic mass is 31.2. The molecule has 36 heavy (non-hydrogen) atoms. The Bertz CT molecular complexity index is 1050. The van der Waals surface area contributed by atoms with Gasteiger partial charge in [-0.1, -0.05) is 54.6 Å². The average molecular weight is 522 g/mol. The van der Waals surface area contributed by atoms with Crippen LogP contribution in [-0.4, -0.2) is 57.3 Å². The van der Waals surface area contributed by atoms with Gasteiger partial charge in [0.05, 0.1) is 32.5 Å². The van der Waals surface area contributed by atoms with Gasteiger partial charge in [-0.2, -0.15) is 0 Å². The second-order valence-corrected chi connectivity index (χ2v) is 10.2. The lowest BCUT2D eigenvalue weighted by Crippen LogP contribution is -2.54. The van der Waals surface area contributed by atoms with Gasteiger partial charge in [0.15, 0.2) is 0 Å². The summed E-state index contributed by atoms with van der Waals surface area (Å²) >= 11 is 0. The Kier molecular flexibility index (Phi) is 10.8. The van der Waals surface area contributed by atoms with Crippen molar-refractivity contribution in [1.82, 2.24) is 5.32 Å². The fraction of sp³-hybridized carbons (Fsp3) is 0.400. The van der Waals surface area contributed by atoms with Gasteiger partial charge < -0.3 is 24.4 Å². The predicted molar refractivity (Wildman–Crippen MR) is 132 cm³/mol. The van der Waals surface area contributed by atoms with Crippen LogP contribution in [0.2, 0.25) is 0 Å². The van der Waals surface area contributed by atoms with E-state index in [4.69, 9.17) is 9.47 Å². The Labute approximate surface area is 209 Å². The van der Waals surface area contributed by atoms with Crippen molar-refractivity contribution in [3.05, 3.63) is 60.2 Å². The Balaban J connectivity index is 2.39. The molecule has 0 saturated carbocycles. The monoisotopic (exact) mass is 521 g/mol. The molecular weight excluding hydrogens is 489 g/mol. The maximum absolute atomic E-state index is 12.7. The SMILES string of the molecule is CCOC(=O)CC(CC(=O)OCC)(NC(CC(=O)O)Cc1ccc(-c2ccccc2)cc1)P(=O)(O)O. The molecular formula is C25H32NO9P. The van der Waals surface area contributed by atoms with Gasteiger partial charge in [-0.3, -0.25) is 24.3 Å². The molecule has 0 aliphatic heterocycles. The summed E-state index contributed by atoms with van der Waals surface area (Å²) in [7, 11) is -5.22. The number of nitrogens with one attached hydrogen (secondary N) is 1. The van der Waals surface area contributed by atoms with Crippen molar-refractivity contribution >= 4 is 25.5 Å². The van der Waals surface area contributed by atoms with Gasteiger partial charge in [0.1, 0.15) is 5.28 Å². The van der Waals surface area contributed by atoms with Gasteiger partial charge in [-0.15, -0.1) is 0 Å². The van der Waals surface area contributed by atoms with Crippen LogP contribution in [0, 0.1) is 0 Å². The number of benzene rings is 2. The van der Waals surface area contributed by atoms with E-state index in [0.29, 0.717) is 5.56 Å². The smallest absolute Gasteiger partial charge is 0.346 e. The molecule has 2 aromatic rings. The summed E-state index contributed by atoms with van der Waals surface area (Å²) in [5.41, 5.74) is 2.63. The molecule has 0 amide bonds. The van der Waals surface area contributed by atoms with Crippen LogP contribution in [0.1, 0.15) is 38.7 Å². The second kappa shape index (κ2) is 13.3. The number of rotatable bonds is 14. The molecule has 0 aliphatic carbocycles. The number of carbonyl (C=O) groups is 3. The molecule has 1 unspecified atom stereocenters. The van der Waals surface area contributed by atoms with E-state index in [0.717, 1.165) is 11.1 Å². The van der Waals surface area contributed by atoms with Gasteiger partial charge in [-0.05, 0) is 37.0 Å². The van der Waals surface area contributed by atoms with E-state index in [2.05, 4.69) is 5.32 Å². The molecule has 11 heteroatoms. The zero-order chi connectivity index (χ0) is 26.8. The fourth-order valence-electron chi connectivity index (χ4n) is 3.87. The van der Waals surface area contributed by atoms with E-state index in [1.165, 1.54) is 13.8 Å². The number of carbonyl (C=O) groups excluding carboxylic acids is 2. The maximum Gasteiger partial charge on any atom is 0.346 e. The van der Waals surface area contributed by atoms with Crippen LogP contribution in [-0.2, 0) is 34.8 Å². The van der Waals surface area contributed by atoms with Crippen molar-refractivity contribution in [1.29, 1.82) is 0 Å². The minimum atomic E-state index is -5.22. The predicted octanol–water partition coefficient (Wildman–Crippen LogP) is 3.11. The van der Waals surface area contributed by atoms with Crippen LogP contribution in [0.5, 0.6) is 0 Å². The third-order valence-corrected chi connectivity index (χ3v) is 7.04. The molecule has 0 saturated heterocycles. The van der Waals surface area contributed by atoms with Crippen molar-refractivity contribution in [3.8, 4) is 11.1 Å². The summed E-state index contributed by atoms with van der Waals surface area (Å²) in [5, 5.41) is 9.73. The number of carboxylic acid groups (broad SMARTS) is 1. The number of hydrogen-bond donors (Lipinski definition) is 4. The first-order valence-electron chi connectivity index (χ1n) is 11.5. The lowest BCUT2D eigenvalue weighted by atomic mass is 9.98. The molecule has 0 aromatic heterocycles. The van der Waals surface area contributed by atoms with Crippen molar-refractivity contribution in [3.63, 3.8) is 0 Å². The highest BCUT2D eigenvalue weighted by Gasteiger charge is 2.52. The quantitative estimate of drug-likeness (QED) is 0.215. The van der Waals surface area contributed by atoms with Gasteiger partial charge in [0, 0.05) is 6.04 Å². The molecule has 4 N–H and O–H groups in total. The van der Waals surface area contributed by atoms with E-state index in [1.54, 1.807) is 12.1 Å². The van der Waals surface area contributed by atoms with Crippen molar-refractivity contribution in [2.75, 3.05) is 13.2 Å². The number of hydrogen-bond acceptors (Lipinski definition) is 7. The lowest BCUT2D eigenvalue weighted by Gasteiger charge is -2.37. The normalized spacial score (nSPS) is 12.6. The van der Waals surface area contributed by atoms with Gasteiger partial charge in [0.25, 0.3) is 0 Å². The third kappa shape index (κ3) is 8.57. The molecule has 0 heterocycles. The van der Waals surface area contributed by atoms with Gasteiger partial charge in [0.2, 0.25) is 0 Å². The van der Waals surface area contributed by atoms with Crippen LogP contribution < -0.4 is 5.32 Å². The van der Waals surface area contributed by atoms with E-state index in [9.17, 15) is 33.8 Å². The summed E-state index contributed by atoms with van der Waals surface area (Å²) in [6.45, 7) is 2.98. The van der Waals surface area contributed by atoms with E-state index in [-0.39, 0.29) is 19.6 Å². The summed E-state index contributed by atoms with van der Waals surface area (Å²) in [6.07, 6.45) is -2.16. The zero-order valence-electron chi connectivity index (χ0n) is 20.3. The standard InChI is InChI=1S/C25H32NO9P/c1-3-34-23(29)16-25(36(31,32)33,17-24(30)35-4-2)26-21(15-22(27)28)14-18-10-12-20(13-11-18)19-8-6-5-7-9-19/h5-13,21,26H,3-4,14-17H2,1-2H3,(H,27,28)(H2,31,32,33). The minimum absolute atomic E-state index is 0.0399. The Hall–Kier alpha value is -3.04. The first kappa shape index (κ1) is 29.2. The van der Waals surface area contributed by atoms with Crippen LogP contribution in [0.15, 0.2) is 54.6 Å². The van der Waals surface area contributed by atoms with E-state index < -0.39 is 56.1 Å². The number of ether oxygens (including phenoxy) is 2. The Morgan fingerprint density at radius 3 is 1.83 bits per heavy atom. The lowest BCUT2D eigenvalue weighted by molar-refractivity contribution is -0.147. The van der Waals surface area contributed by atoms with Crippen LogP contribution in [0.4, 0.5) is 0 Å². The molecule has 0 bridgehead atoms. The molecule has 2 rings (SSSR count). The third-order valence-electron chi connectivity index (χ3n) is 5.48.